The molecule has 0 spiro atoms. The maximum absolute atomic E-state index is 13.7. The number of nitrogens with zero attached hydrogens (tertiary/aromatic N) is 1. The second kappa shape index (κ2) is 14.2. The number of benzene rings is 1. The van der Waals surface area contributed by atoms with Crippen LogP contribution < -0.4 is 16.4 Å². The average molecular weight is 521 g/mol. The molecule has 0 aromatic heterocycles. The van der Waals surface area contributed by atoms with Crippen LogP contribution >= 0.6 is 0 Å². The number of carbonyl (C=O) groups excluding carboxylic acids is 5. The lowest BCUT2D eigenvalue weighted by atomic mass is 9.95. The number of nitrogens with two attached hydrogens (primary N) is 1. The third-order valence-electron chi connectivity index (χ3n) is 5.45. The molecule has 0 bridgehead atoms. The van der Waals surface area contributed by atoms with Gasteiger partial charge >= 0.3 is 12.1 Å². The highest BCUT2D eigenvalue weighted by Gasteiger charge is 2.37. The van der Waals surface area contributed by atoms with Crippen LogP contribution in [0.3, 0.4) is 0 Å². The van der Waals surface area contributed by atoms with E-state index in [9.17, 15) is 24.0 Å². The zero-order valence-electron chi connectivity index (χ0n) is 22.8. The highest BCUT2D eigenvalue weighted by atomic mass is 16.6. The molecule has 0 aliphatic carbocycles. The second-order valence-electron chi connectivity index (χ2n) is 9.53. The number of primary amides is 1. The number of hydrogen-bond acceptors (Lipinski definition) is 7. The standard InChI is InChI=1S/C26H40N4O7/c1-8-30(24(34)19(15-20(27)31)29-25(35)37-26(5,6)7)22(18-12-10-11-16(3)17(18)4)23(33)28-14-13-21(32)36-9-2/h10-12,19,22H,8-9,13-15H2,1-7H3,(H2,27,31)(H,28,33)(H,29,35). The minimum atomic E-state index is -1.35. The Bertz CT molecular complexity index is 988. The van der Waals surface area contributed by atoms with Crippen molar-refractivity contribution in [3.05, 3.63) is 34.9 Å². The van der Waals surface area contributed by atoms with E-state index in [1.807, 2.05) is 19.9 Å². The van der Waals surface area contributed by atoms with Gasteiger partial charge in [0, 0.05) is 13.1 Å². The van der Waals surface area contributed by atoms with Crippen molar-refractivity contribution in [3.8, 4) is 0 Å². The number of nitrogens with one attached hydrogen (secondary N) is 2. The molecule has 11 nitrogen and oxygen atoms in total. The fourth-order valence-corrected chi connectivity index (χ4v) is 3.66. The van der Waals surface area contributed by atoms with Crippen molar-refractivity contribution in [3.63, 3.8) is 0 Å². The number of alkyl carbamates (subject to hydrolysis) is 1. The number of rotatable bonds is 12. The van der Waals surface area contributed by atoms with Crippen molar-refractivity contribution in [2.45, 2.75) is 79.0 Å². The van der Waals surface area contributed by atoms with Crippen molar-refractivity contribution in [1.82, 2.24) is 15.5 Å². The Morgan fingerprint density at radius 1 is 1.08 bits per heavy atom. The number of amides is 4. The van der Waals surface area contributed by atoms with Crippen LogP contribution in [0.25, 0.3) is 0 Å². The molecule has 206 valence electrons. The maximum Gasteiger partial charge on any atom is 0.408 e. The summed E-state index contributed by atoms with van der Waals surface area (Å²) >= 11 is 0. The molecule has 0 saturated heterocycles. The smallest absolute Gasteiger partial charge is 0.408 e. The van der Waals surface area contributed by atoms with Gasteiger partial charge in [-0.3, -0.25) is 19.2 Å². The number of carbonyl (C=O) groups is 5. The summed E-state index contributed by atoms with van der Waals surface area (Å²) < 4.78 is 10.1. The Balaban J connectivity index is 3.37. The molecule has 4 amide bonds. The van der Waals surface area contributed by atoms with Crippen LogP contribution in [0.2, 0.25) is 0 Å². The fourth-order valence-electron chi connectivity index (χ4n) is 3.66. The molecule has 37 heavy (non-hydrogen) atoms. The first-order valence-electron chi connectivity index (χ1n) is 12.3. The molecular weight excluding hydrogens is 480 g/mol. The van der Waals surface area contributed by atoms with E-state index >= 15 is 0 Å². The monoisotopic (exact) mass is 520 g/mol. The molecule has 0 saturated carbocycles. The molecule has 2 atom stereocenters. The van der Waals surface area contributed by atoms with Crippen LogP contribution in [0.5, 0.6) is 0 Å². The molecule has 11 heteroatoms. The van der Waals surface area contributed by atoms with Gasteiger partial charge in [-0.25, -0.2) is 4.79 Å². The lowest BCUT2D eigenvalue weighted by Gasteiger charge is -2.34. The van der Waals surface area contributed by atoms with Crippen molar-refractivity contribution in [1.29, 1.82) is 0 Å². The Morgan fingerprint density at radius 3 is 2.27 bits per heavy atom. The van der Waals surface area contributed by atoms with E-state index in [0.29, 0.717) is 5.56 Å². The van der Waals surface area contributed by atoms with Crippen molar-refractivity contribution in [2.75, 3.05) is 19.7 Å². The van der Waals surface area contributed by atoms with Gasteiger partial charge in [0.05, 0.1) is 19.4 Å². The summed E-state index contributed by atoms with van der Waals surface area (Å²) in [6.07, 6.45) is -1.42. The largest absolute Gasteiger partial charge is 0.466 e. The number of likely N-dealkylation sites (N-methyl/N-ethyl adjacent to an activating group) is 1. The third kappa shape index (κ3) is 10.1. The van der Waals surface area contributed by atoms with E-state index in [1.54, 1.807) is 46.8 Å². The summed E-state index contributed by atoms with van der Waals surface area (Å²) in [4.78, 5) is 64.3. The molecule has 1 rings (SSSR count). The summed E-state index contributed by atoms with van der Waals surface area (Å²) in [6, 6.07) is 2.93. The van der Waals surface area contributed by atoms with Crippen LogP contribution in [0, 0.1) is 13.8 Å². The molecule has 0 fully saturated rings. The van der Waals surface area contributed by atoms with E-state index in [2.05, 4.69) is 10.6 Å². The van der Waals surface area contributed by atoms with Crippen LogP contribution in [-0.4, -0.2) is 66.0 Å². The Kier molecular flexibility index (Phi) is 12.0. The molecule has 1 aromatic rings. The number of hydrogen-bond donors (Lipinski definition) is 3. The number of aryl methyl sites for hydroxylation is 1. The number of esters is 1. The van der Waals surface area contributed by atoms with Gasteiger partial charge in [-0.05, 0) is 65.2 Å². The zero-order chi connectivity index (χ0) is 28.3. The van der Waals surface area contributed by atoms with Gasteiger partial charge in [0.2, 0.25) is 17.7 Å². The van der Waals surface area contributed by atoms with Gasteiger partial charge in [-0.15, -0.1) is 0 Å². The predicted molar refractivity (Wildman–Crippen MR) is 137 cm³/mol. The van der Waals surface area contributed by atoms with E-state index in [0.717, 1.165) is 11.1 Å². The summed E-state index contributed by atoms with van der Waals surface area (Å²) in [5.74, 6) is -2.48. The first-order valence-corrected chi connectivity index (χ1v) is 12.3. The molecule has 0 aliphatic rings. The Hall–Kier alpha value is -3.63. The molecule has 0 radical (unpaired) electrons. The van der Waals surface area contributed by atoms with Gasteiger partial charge in [-0.2, -0.15) is 0 Å². The lowest BCUT2D eigenvalue weighted by Crippen LogP contribution is -2.54. The SMILES string of the molecule is CCOC(=O)CCNC(=O)C(c1cccc(C)c1C)N(CC)C(=O)C(CC(N)=O)NC(=O)OC(C)(C)C. The van der Waals surface area contributed by atoms with Crippen molar-refractivity contribution >= 4 is 29.8 Å². The summed E-state index contributed by atoms with van der Waals surface area (Å²) in [5.41, 5.74) is 6.80. The van der Waals surface area contributed by atoms with Gasteiger partial charge in [0.15, 0.2) is 0 Å². The molecule has 2 unspecified atom stereocenters. The van der Waals surface area contributed by atoms with Gasteiger partial charge in [0.1, 0.15) is 17.7 Å². The minimum Gasteiger partial charge on any atom is -0.466 e. The van der Waals surface area contributed by atoms with E-state index in [4.69, 9.17) is 15.2 Å². The molecule has 0 aliphatic heterocycles. The summed E-state index contributed by atoms with van der Waals surface area (Å²) in [5, 5.41) is 5.12. The predicted octanol–water partition coefficient (Wildman–Crippen LogP) is 2.03. The highest BCUT2D eigenvalue weighted by Crippen LogP contribution is 2.27. The number of ether oxygens (including phenoxy) is 2. The van der Waals surface area contributed by atoms with E-state index < -0.39 is 53.9 Å². The van der Waals surface area contributed by atoms with E-state index in [-0.39, 0.29) is 26.1 Å². The van der Waals surface area contributed by atoms with Crippen LogP contribution in [0.4, 0.5) is 4.79 Å². The molecule has 1 aromatic carbocycles. The lowest BCUT2D eigenvalue weighted by molar-refractivity contribution is -0.144. The first kappa shape index (κ1) is 31.4. The second-order valence-corrected chi connectivity index (χ2v) is 9.53. The quantitative estimate of drug-likeness (QED) is 0.356. The highest BCUT2D eigenvalue weighted by molar-refractivity contribution is 5.94. The summed E-state index contributed by atoms with van der Waals surface area (Å²) in [7, 11) is 0. The van der Waals surface area contributed by atoms with Crippen LogP contribution in [-0.2, 0) is 28.7 Å². The average Bonchev–Trinajstić information content (AvgIpc) is 2.77. The fraction of sp³-hybridized carbons (Fsp3) is 0.577. The molecule has 0 heterocycles. The van der Waals surface area contributed by atoms with Crippen molar-refractivity contribution < 1.29 is 33.4 Å². The Labute approximate surface area is 218 Å². The first-order chi connectivity index (χ1) is 17.2. The normalized spacial score (nSPS) is 12.6. The van der Waals surface area contributed by atoms with Gasteiger partial charge in [-0.1, -0.05) is 18.2 Å². The topological polar surface area (TPSA) is 157 Å². The van der Waals surface area contributed by atoms with E-state index in [1.165, 1.54) is 4.90 Å². The third-order valence-corrected chi connectivity index (χ3v) is 5.45. The van der Waals surface area contributed by atoms with Gasteiger partial charge < -0.3 is 30.7 Å². The summed E-state index contributed by atoms with van der Waals surface area (Å²) in [6.45, 7) is 12.4. The van der Waals surface area contributed by atoms with Crippen molar-refractivity contribution in [2.24, 2.45) is 5.73 Å². The Morgan fingerprint density at radius 2 is 1.73 bits per heavy atom. The van der Waals surface area contributed by atoms with Gasteiger partial charge in [0.25, 0.3) is 0 Å². The van der Waals surface area contributed by atoms with Crippen LogP contribution in [0.1, 0.15) is 70.2 Å². The molecule has 4 N–H and O–H groups in total. The minimum absolute atomic E-state index is 0.00560. The maximum atomic E-state index is 13.7. The molecular formula is C26H40N4O7. The van der Waals surface area contributed by atoms with Crippen LogP contribution in [0.15, 0.2) is 18.2 Å². The zero-order valence-corrected chi connectivity index (χ0v) is 22.8.